The SMILES string of the molecule is COC1CNC(C(=O)NC(C)C(=O)N2CCCCC2)C1. The standard InChI is InChI=1S/C14H25N3O3/c1-10(14(19)17-6-4-3-5-7-17)16-13(18)12-8-11(20-2)9-15-12/h10-12,15H,3-9H2,1-2H3,(H,16,18). The maximum atomic E-state index is 12.2. The van der Waals surface area contributed by atoms with Crippen LogP contribution in [0.5, 0.6) is 0 Å². The predicted octanol–water partition coefficient (Wildman–Crippen LogP) is -0.119. The van der Waals surface area contributed by atoms with Crippen molar-refractivity contribution in [2.45, 2.75) is 50.8 Å². The second-order valence-electron chi connectivity index (χ2n) is 5.67. The average molecular weight is 283 g/mol. The van der Waals surface area contributed by atoms with Crippen LogP contribution in [0, 0.1) is 0 Å². The van der Waals surface area contributed by atoms with Crippen molar-refractivity contribution in [3.8, 4) is 0 Å². The Kier molecular flexibility index (Phi) is 5.37. The van der Waals surface area contributed by atoms with Crippen LogP contribution in [0.3, 0.4) is 0 Å². The maximum Gasteiger partial charge on any atom is 0.244 e. The summed E-state index contributed by atoms with van der Waals surface area (Å²) in [6.07, 6.45) is 4.05. The Balaban J connectivity index is 1.79. The Morgan fingerprint density at radius 3 is 2.60 bits per heavy atom. The van der Waals surface area contributed by atoms with Gasteiger partial charge < -0.3 is 20.3 Å². The molecule has 0 aromatic rings. The zero-order valence-corrected chi connectivity index (χ0v) is 12.4. The van der Waals surface area contributed by atoms with E-state index >= 15 is 0 Å². The first-order valence-electron chi connectivity index (χ1n) is 7.47. The van der Waals surface area contributed by atoms with Crippen molar-refractivity contribution in [3.63, 3.8) is 0 Å². The Labute approximate surface area is 120 Å². The molecule has 0 saturated carbocycles. The van der Waals surface area contributed by atoms with Gasteiger partial charge in [0.2, 0.25) is 11.8 Å². The highest BCUT2D eigenvalue weighted by Crippen LogP contribution is 2.12. The largest absolute Gasteiger partial charge is 0.380 e. The molecule has 0 aliphatic carbocycles. The van der Waals surface area contributed by atoms with E-state index in [0.29, 0.717) is 13.0 Å². The van der Waals surface area contributed by atoms with Crippen molar-refractivity contribution in [2.75, 3.05) is 26.7 Å². The van der Waals surface area contributed by atoms with Crippen molar-refractivity contribution in [3.05, 3.63) is 0 Å². The average Bonchev–Trinajstić information content (AvgIpc) is 2.96. The lowest BCUT2D eigenvalue weighted by atomic mass is 10.1. The summed E-state index contributed by atoms with van der Waals surface area (Å²) in [5.41, 5.74) is 0. The van der Waals surface area contributed by atoms with Gasteiger partial charge in [0.25, 0.3) is 0 Å². The van der Waals surface area contributed by atoms with Gasteiger partial charge in [-0.2, -0.15) is 0 Å². The Morgan fingerprint density at radius 1 is 1.30 bits per heavy atom. The molecule has 0 radical (unpaired) electrons. The highest BCUT2D eigenvalue weighted by atomic mass is 16.5. The molecule has 2 rings (SSSR count). The molecule has 0 aromatic heterocycles. The number of rotatable bonds is 4. The summed E-state index contributed by atoms with van der Waals surface area (Å²) in [6, 6.07) is -0.708. The van der Waals surface area contributed by atoms with Crippen LogP contribution < -0.4 is 10.6 Å². The van der Waals surface area contributed by atoms with E-state index in [4.69, 9.17) is 4.74 Å². The van der Waals surface area contributed by atoms with E-state index in [9.17, 15) is 9.59 Å². The van der Waals surface area contributed by atoms with E-state index in [0.717, 1.165) is 25.9 Å². The molecule has 3 unspecified atom stereocenters. The molecule has 2 aliphatic rings. The molecule has 114 valence electrons. The van der Waals surface area contributed by atoms with Crippen LogP contribution in [0.25, 0.3) is 0 Å². The molecule has 20 heavy (non-hydrogen) atoms. The molecular weight excluding hydrogens is 258 g/mol. The van der Waals surface area contributed by atoms with E-state index < -0.39 is 6.04 Å². The molecule has 6 heteroatoms. The van der Waals surface area contributed by atoms with Crippen LogP contribution in [-0.2, 0) is 14.3 Å². The van der Waals surface area contributed by atoms with Gasteiger partial charge in [-0.05, 0) is 32.6 Å². The van der Waals surface area contributed by atoms with Crippen molar-refractivity contribution < 1.29 is 14.3 Å². The number of nitrogens with one attached hydrogen (secondary N) is 2. The lowest BCUT2D eigenvalue weighted by Gasteiger charge is -2.29. The summed E-state index contributed by atoms with van der Waals surface area (Å²) in [5.74, 6) is -0.0817. The fourth-order valence-electron chi connectivity index (χ4n) is 2.85. The quantitative estimate of drug-likeness (QED) is 0.755. The van der Waals surface area contributed by atoms with Crippen molar-refractivity contribution in [2.24, 2.45) is 0 Å². The number of likely N-dealkylation sites (tertiary alicyclic amines) is 1. The fraction of sp³-hybridized carbons (Fsp3) is 0.857. The topological polar surface area (TPSA) is 70.7 Å². The Morgan fingerprint density at radius 2 is 2.00 bits per heavy atom. The van der Waals surface area contributed by atoms with E-state index in [1.165, 1.54) is 6.42 Å². The molecule has 6 nitrogen and oxygen atoms in total. The van der Waals surface area contributed by atoms with Crippen molar-refractivity contribution in [1.29, 1.82) is 0 Å². The highest BCUT2D eigenvalue weighted by Gasteiger charge is 2.31. The number of amides is 2. The second kappa shape index (κ2) is 7.04. The number of carbonyl (C=O) groups is 2. The number of hydrogen-bond donors (Lipinski definition) is 2. The van der Waals surface area contributed by atoms with Crippen LogP contribution >= 0.6 is 0 Å². The first-order chi connectivity index (χ1) is 9.61. The third-order valence-electron chi connectivity index (χ3n) is 4.14. The lowest BCUT2D eigenvalue weighted by molar-refractivity contribution is -0.137. The third kappa shape index (κ3) is 3.70. The van der Waals surface area contributed by atoms with Gasteiger partial charge in [-0.3, -0.25) is 9.59 Å². The smallest absolute Gasteiger partial charge is 0.244 e. The van der Waals surface area contributed by atoms with Crippen LogP contribution in [0.4, 0.5) is 0 Å². The van der Waals surface area contributed by atoms with E-state index in [1.54, 1.807) is 14.0 Å². The van der Waals surface area contributed by atoms with Crippen molar-refractivity contribution >= 4 is 11.8 Å². The zero-order chi connectivity index (χ0) is 14.5. The first kappa shape index (κ1) is 15.3. The third-order valence-corrected chi connectivity index (χ3v) is 4.14. The minimum absolute atomic E-state index is 0.0272. The number of nitrogens with zero attached hydrogens (tertiary/aromatic N) is 1. The summed E-state index contributed by atoms with van der Waals surface area (Å²) in [5, 5.41) is 5.93. The molecule has 2 amide bonds. The molecule has 3 atom stereocenters. The Hall–Kier alpha value is -1.14. The molecule has 2 saturated heterocycles. The van der Waals surface area contributed by atoms with E-state index in [1.807, 2.05) is 4.90 Å². The fourth-order valence-corrected chi connectivity index (χ4v) is 2.85. The molecular formula is C14H25N3O3. The number of ether oxygens (including phenoxy) is 1. The lowest BCUT2D eigenvalue weighted by Crippen LogP contribution is -2.52. The molecule has 0 bridgehead atoms. The summed E-state index contributed by atoms with van der Waals surface area (Å²) < 4.78 is 5.22. The molecule has 2 fully saturated rings. The number of hydrogen-bond acceptors (Lipinski definition) is 4. The van der Waals surface area contributed by atoms with Crippen LogP contribution in [0.2, 0.25) is 0 Å². The van der Waals surface area contributed by atoms with Crippen LogP contribution in [-0.4, -0.2) is 61.6 Å². The van der Waals surface area contributed by atoms with Gasteiger partial charge in [0.15, 0.2) is 0 Å². The van der Waals surface area contributed by atoms with E-state index in [2.05, 4.69) is 10.6 Å². The summed E-state index contributed by atoms with van der Waals surface area (Å²) in [7, 11) is 1.65. The first-order valence-corrected chi connectivity index (χ1v) is 7.47. The number of carbonyl (C=O) groups excluding carboxylic acids is 2. The van der Waals surface area contributed by atoms with Crippen LogP contribution in [0.15, 0.2) is 0 Å². The van der Waals surface area contributed by atoms with Crippen LogP contribution in [0.1, 0.15) is 32.6 Å². The molecule has 2 aliphatic heterocycles. The molecule has 2 N–H and O–H groups in total. The van der Waals surface area contributed by atoms with Gasteiger partial charge in [-0.25, -0.2) is 0 Å². The van der Waals surface area contributed by atoms with Gasteiger partial charge in [0.05, 0.1) is 12.1 Å². The van der Waals surface area contributed by atoms with E-state index in [-0.39, 0.29) is 24.0 Å². The van der Waals surface area contributed by atoms with Gasteiger partial charge in [0.1, 0.15) is 6.04 Å². The monoisotopic (exact) mass is 283 g/mol. The summed E-state index contributed by atoms with van der Waals surface area (Å²) in [6.45, 7) is 4.07. The minimum Gasteiger partial charge on any atom is -0.380 e. The molecule has 2 heterocycles. The zero-order valence-electron chi connectivity index (χ0n) is 12.4. The van der Waals surface area contributed by atoms with Gasteiger partial charge in [-0.1, -0.05) is 0 Å². The predicted molar refractivity (Wildman–Crippen MR) is 75.2 cm³/mol. The van der Waals surface area contributed by atoms with Gasteiger partial charge >= 0.3 is 0 Å². The summed E-state index contributed by atoms with van der Waals surface area (Å²) in [4.78, 5) is 26.2. The van der Waals surface area contributed by atoms with Crippen molar-refractivity contribution in [1.82, 2.24) is 15.5 Å². The second-order valence-corrected chi connectivity index (χ2v) is 5.67. The molecule has 0 aromatic carbocycles. The minimum atomic E-state index is -0.455. The summed E-state index contributed by atoms with van der Waals surface area (Å²) >= 11 is 0. The number of piperidine rings is 1. The maximum absolute atomic E-state index is 12.2. The Bertz CT molecular complexity index is 356. The van der Waals surface area contributed by atoms with Gasteiger partial charge in [-0.15, -0.1) is 0 Å². The number of methoxy groups -OCH3 is 1. The molecule has 0 spiro atoms. The highest BCUT2D eigenvalue weighted by molar-refractivity contribution is 5.89. The normalized spacial score (nSPS) is 28.2. The van der Waals surface area contributed by atoms with Gasteiger partial charge in [0, 0.05) is 26.7 Å².